The smallest absolute Gasteiger partial charge is 0.339 e. The molecule has 0 heterocycles. The summed E-state index contributed by atoms with van der Waals surface area (Å²) in [6, 6.07) is 30.3. The fourth-order valence-electron chi connectivity index (χ4n) is 4.48. The summed E-state index contributed by atoms with van der Waals surface area (Å²) < 4.78 is 0. The normalized spacial score (nSPS) is 11.0. The van der Waals surface area contributed by atoms with Crippen LogP contribution in [0.4, 0.5) is 0 Å². The van der Waals surface area contributed by atoms with E-state index < -0.39 is 5.97 Å². The molecule has 0 radical (unpaired) electrons. The predicted octanol–water partition coefficient (Wildman–Crippen LogP) is 6.99. The molecular formula is C31H30O3. The van der Waals surface area contributed by atoms with Crippen molar-refractivity contribution in [1.29, 1.82) is 0 Å². The van der Waals surface area contributed by atoms with Crippen LogP contribution in [0.25, 0.3) is 0 Å². The van der Waals surface area contributed by atoms with Crippen LogP contribution in [0.3, 0.4) is 0 Å². The lowest BCUT2D eigenvalue weighted by Crippen LogP contribution is -2.09. The molecule has 4 rings (SSSR count). The molecule has 2 N–H and O–H groups in total. The Bertz CT molecular complexity index is 1210. The number of carbonyl (C=O) groups is 1. The van der Waals surface area contributed by atoms with Crippen molar-refractivity contribution in [1.82, 2.24) is 0 Å². The van der Waals surface area contributed by atoms with E-state index in [1.807, 2.05) is 36.4 Å². The fraction of sp³-hybridized carbons (Fsp3) is 0.194. The van der Waals surface area contributed by atoms with E-state index in [0.717, 1.165) is 35.1 Å². The van der Waals surface area contributed by atoms with Crippen LogP contribution < -0.4 is 0 Å². The first-order valence-electron chi connectivity index (χ1n) is 11.8. The third kappa shape index (κ3) is 5.04. The zero-order valence-electron chi connectivity index (χ0n) is 19.7. The average molecular weight is 451 g/mol. The quantitative estimate of drug-likeness (QED) is 0.285. The summed E-state index contributed by atoms with van der Waals surface area (Å²) in [5.74, 6) is -1.59. The van der Waals surface area contributed by atoms with Crippen molar-refractivity contribution >= 4 is 5.97 Å². The minimum Gasteiger partial charge on any atom is -0.507 e. The van der Waals surface area contributed by atoms with Gasteiger partial charge in [-0.25, -0.2) is 4.79 Å². The highest BCUT2D eigenvalue weighted by Gasteiger charge is 2.25. The molecule has 0 spiro atoms. The van der Waals surface area contributed by atoms with Crippen LogP contribution in [-0.2, 0) is 19.3 Å². The number of carboxylic acid groups (broad SMARTS) is 1. The molecule has 0 unspecified atom stereocenters. The van der Waals surface area contributed by atoms with E-state index >= 15 is 0 Å². The molecule has 0 aliphatic heterocycles. The first-order valence-corrected chi connectivity index (χ1v) is 11.8. The Hall–Kier alpha value is -3.85. The fourth-order valence-corrected chi connectivity index (χ4v) is 4.48. The number of rotatable bonds is 8. The Kier molecular flexibility index (Phi) is 7.12. The lowest BCUT2D eigenvalue weighted by atomic mass is 9.82. The van der Waals surface area contributed by atoms with E-state index in [-0.39, 0.29) is 17.2 Å². The molecular weight excluding hydrogens is 420 g/mol. The van der Waals surface area contributed by atoms with Crippen molar-refractivity contribution in [3.63, 3.8) is 0 Å². The minimum atomic E-state index is -1.13. The van der Waals surface area contributed by atoms with Gasteiger partial charge in [-0.15, -0.1) is 0 Å². The van der Waals surface area contributed by atoms with Crippen LogP contribution >= 0.6 is 0 Å². The van der Waals surface area contributed by atoms with Gasteiger partial charge in [0.15, 0.2) is 0 Å². The summed E-state index contributed by atoms with van der Waals surface area (Å²) in [5, 5.41) is 21.0. The molecule has 0 bridgehead atoms. The predicted molar refractivity (Wildman–Crippen MR) is 137 cm³/mol. The van der Waals surface area contributed by atoms with Gasteiger partial charge in [0.05, 0.1) is 0 Å². The van der Waals surface area contributed by atoms with Gasteiger partial charge < -0.3 is 10.2 Å². The maximum atomic E-state index is 12.1. The molecule has 0 amide bonds. The van der Waals surface area contributed by atoms with Gasteiger partial charge in [-0.1, -0.05) is 98.8 Å². The van der Waals surface area contributed by atoms with Gasteiger partial charge in [-0.3, -0.25) is 0 Å². The number of aromatic carboxylic acids is 1. The van der Waals surface area contributed by atoms with Crippen molar-refractivity contribution in [2.45, 2.75) is 39.0 Å². The number of carboxylic acids is 1. The first-order chi connectivity index (χ1) is 16.5. The Labute approximate surface area is 201 Å². The topological polar surface area (TPSA) is 57.5 Å². The van der Waals surface area contributed by atoms with E-state index in [1.54, 1.807) is 6.07 Å². The van der Waals surface area contributed by atoms with E-state index in [0.29, 0.717) is 12.0 Å². The lowest BCUT2D eigenvalue weighted by molar-refractivity contribution is 0.0693. The first kappa shape index (κ1) is 23.3. The SMILES string of the molecule is CCc1ccc(C(c2ccc(CC)cc2)c2cc(Cc3ccccc3)cc(C(=O)O)c2O)cc1. The van der Waals surface area contributed by atoms with Crippen LogP contribution in [0.1, 0.15) is 69.1 Å². The monoisotopic (exact) mass is 450 g/mol. The summed E-state index contributed by atoms with van der Waals surface area (Å²) in [4.78, 5) is 12.1. The summed E-state index contributed by atoms with van der Waals surface area (Å²) in [6.07, 6.45) is 2.47. The molecule has 4 aromatic rings. The van der Waals surface area contributed by atoms with E-state index in [1.165, 1.54) is 11.1 Å². The molecule has 0 aliphatic carbocycles. The molecule has 0 aliphatic rings. The minimum absolute atomic E-state index is 0.0659. The summed E-state index contributed by atoms with van der Waals surface area (Å²) >= 11 is 0. The van der Waals surface area contributed by atoms with Gasteiger partial charge in [0, 0.05) is 11.5 Å². The second-order valence-electron chi connectivity index (χ2n) is 8.67. The highest BCUT2D eigenvalue weighted by molar-refractivity contribution is 5.92. The highest BCUT2D eigenvalue weighted by atomic mass is 16.4. The molecule has 0 saturated carbocycles. The summed E-state index contributed by atoms with van der Waals surface area (Å²) in [6.45, 7) is 4.24. The molecule has 0 saturated heterocycles. The number of benzene rings is 4. The molecule has 3 heteroatoms. The third-order valence-electron chi connectivity index (χ3n) is 6.43. The van der Waals surface area contributed by atoms with Gasteiger partial charge in [0.2, 0.25) is 0 Å². The molecule has 0 aromatic heterocycles. The maximum absolute atomic E-state index is 12.1. The Morgan fingerprint density at radius 1 is 0.706 bits per heavy atom. The van der Waals surface area contributed by atoms with Crippen molar-refractivity contribution in [2.75, 3.05) is 0 Å². The Morgan fingerprint density at radius 2 is 1.24 bits per heavy atom. The number of phenols is 1. The van der Waals surface area contributed by atoms with Gasteiger partial charge in [-0.05, 0) is 58.7 Å². The van der Waals surface area contributed by atoms with E-state index in [4.69, 9.17) is 0 Å². The Balaban J connectivity index is 1.90. The van der Waals surface area contributed by atoms with Crippen LogP contribution in [0.15, 0.2) is 91.0 Å². The lowest BCUT2D eigenvalue weighted by Gasteiger charge is -2.22. The number of hydrogen-bond acceptors (Lipinski definition) is 2. The van der Waals surface area contributed by atoms with Crippen molar-refractivity contribution < 1.29 is 15.0 Å². The van der Waals surface area contributed by atoms with Crippen LogP contribution in [-0.4, -0.2) is 16.2 Å². The van der Waals surface area contributed by atoms with Crippen molar-refractivity contribution in [3.8, 4) is 5.75 Å². The zero-order valence-corrected chi connectivity index (χ0v) is 19.7. The van der Waals surface area contributed by atoms with Gasteiger partial charge in [-0.2, -0.15) is 0 Å². The standard InChI is InChI=1S/C31H30O3/c1-3-21-10-14-25(15-11-21)29(26-16-12-22(4-2)13-17-26)27-19-24(18-23-8-6-5-7-9-23)20-28(30(27)32)31(33)34/h5-17,19-20,29,32H,3-4,18H2,1-2H3,(H,33,34). The second kappa shape index (κ2) is 10.4. The van der Waals surface area contributed by atoms with Gasteiger partial charge in [0.1, 0.15) is 11.3 Å². The number of aryl methyl sites for hydroxylation is 2. The molecule has 3 nitrogen and oxygen atoms in total. The van der Waals surface area contributed by atoms with Gasteiger partial charge >= 0.3 is 5.97 Å². The maximum Gasteiger partial charge on any atom is 0.339 e. The summed E-state index contributed by atoms with van der Waals surface area (Å²) in [7, 11) is 0. The molecule has 172 valence electrons. The van der Waals surface area contributed by atoms with E-state index in [9.17, 15) is 15.0 Å². The zero-order chi connectivity index (χ0) is 24.1. The number of hydrogen-bond donors (Lipinski definition) is 2. The van der Waals surface area contributed by atoms with Crippen LogP contribution in [0.5, 0.6) is 5.75 Å². The molecule has 4 aromatic carbocycles. The van der Waals surface area contributed by atoms with Crippen LogP contribution in [0.2, 0.25) is 0 Å². The number of aromatic hydroxyl groups is 1. The highest BCUT2D eigenvalue weighted by Crippen LogP contribution is 2.40. The van der Waals surface area contributed by atoms with Crippen LogP contribution in [0, 0.1) is 0 Å². The summed E-state index contributed by atoms with van der Waals surface area (Å²) in [5.41, 5.74) is 7.00. The second-order valence-corrected chi connectivity index (χ2v) is 8.67. The van der Waals surface area contributed by atoms with Crippen molar-refractivity contribution in [3.05, 3.63) is 136 Å². The third-order valence-corrected chi connectivity index (χ3v) is 6.43. The average Bonchev–Trinajstić information content (AvgIpc) is 2.87. The van der Waals surface area contributed by atoms with Gasteiger partial charge in [0.25, 0.3) is 0 Å². The molecule has 0 fully saturated rings. The van der Waals surface area contributed by atoms with E-state index in [2.05, 4.69) is 62.4 Å². The Morgan fingerprint density at radius 3 is 1.71 bits per heavy atom. The molecule has 34 heavy (non-hydrogen) atoms. The largest absolute Gasteiger partial charge is 0.507 e. The van der Waals surface area contributed by atoms with Crippen molar-refractivity contribution in [2.24, 2.45) is 0 Å². The molecule has 0 atom stereocenters.